The molecule has 0 N–H and O–H groups in total. The zero-order valence-corrected chi connectivity index (χ0v) is 22.2. The molecule has 0 saturated heterocycles. The summed E-state index contributed by atoms with van der Waals surface area (Å²) in [6, 6.07) is 12.0. The number of esters is 1. The standard InChI is InChI=1S/C31H36O6/c1-33-24-13-11-20(18-26(24)35-3)17-22-9-8-10-23-28(21-12-14-25(34-2)27(19-21)36-4)31(15-6-5-7-16-31)30(32)37-29(22)23/h11-14,17-19,28H,5-10,15-16H2,1-4H3. The molecule has 1 aliphatic heterocycles. The number of hydrogen-bond acceptors (Lipinski definition) is 6. The highest BCUT2D eigenvalue weighted by Crippen LogP contribution is 2.58. The molecule has 1 fully saturated rings. The lowest BCUT2D eigenvalue weighted by Crippen LogP contribution is -2.45. The Bertz CT molecular complexity index is 1230. The van der Waals surface area contributed by atoms with Crippen molar-refractivity contribution >= 4 is 12.0 Å². The lowest BCUT2D eigenvalue weighted by Gasteiger charge is -2.47. The Labute approximate surface area is 219 Å². The largest absolute Gasteiger partial charge is 0.493 e. The number of allylic oxidation sites excluding steroid dienone is 2. The van der Waals surface area contributed by atoms with Crippen LogP contribution in [-0.4, -0.2) is 34.4 Å². The predicted octanol–water partition coefficient (Wildman–Crippen LogP) is 6.83. The Balaban J connectivity index is 1.65. The van der Waals surface area contributed by atoms with Crippen molar-refractivity contribution in [3.8, 4) is 23.0 Å². The fourth-order valence-corrected chi connectivity index (χ4v) is 6.46. The van der Waals surface area contributed by atoms with E-state index in [4.69, 9.17) is 23.7 Å². The van der Waals surface area contributed by atoms with Crippen LogP contribution in [0.25, 0.3) is 6.08 Å². The zero-order chi connectivity index (χ0) is 26.0. The van der Waals surface area contributed by atoms with Crippen LogP contribution < -0.4 is 18.9 Å². The van der Waals surface area contributed by atoms with Gasteiger partial charge in [0.25, 0.3) is 0 Å². The van der Waals surface area contributed by atoms with E-state index in [0.717, 1.165) is 73.8 Å². The summed E-state index contributed by atoms with van der Waals surface area (Å²) < 4.78 is 28.4. The molecule has 0 radical (unpaired) electrons. The van der Waals surface area contributed by atoms with Crippen LogP contribution in [0.2, 0.25) is 0 Å². The summed E-state index contributed by atoms with van der Waals surface area (Å²) in [4.78, 5) is 13.9. The van der Waals surface area contributed by atoms with Crippen molar-refractivity contribution in [1.29, 1.82) is 0 Å². The Morgan fingerprint density at radius 1 is 0.784 bits per heavy atom. The van der Waals surface area contributed by atoms with E-state index in [-0.39, 0.29) is 11.9 Å². The summed E-state index contributed by atoms with van der Waals surface area (Å²) in [6.07, 6.45) is 9.81. The first-order valence-electron chi connectivity index (χ1n) is 13.1. The molecule has 2 aromatic rings. The highest BCUT2D eigenvalue weighted by molar-refractivity contribution is 5.84. The molecule has 3 aliphatic rings. The molecule has 1 unspecified atom stereocenters. The van der Waals surface area contributed by atoms with E-state index < -0.39 is 5.41 Å². The van der Waals surface area contributed by atoms with Crippen molar-refractivity contribution in [2.24, 2.45) is 5.41 Å². The molecule has 1 spiro atoms. The molecular weight excluding hydrogens is 468 g/mol. The molecule has 1 atom stereocenters. The van der Waals surface area contributed by atoms with Gasteiger partial charge in [-0.25, -0.2) is 0 Å². The molecule has 0 amide bonds. The average Bonchev–Trinajstić information content (AvgIpc) is 2.94. The summed E-state index contributed by atoms with van der Waals surface area (Å²) in [6.45, 7) is 0. The summed E-state index contributed by atoms with van der Waals surface area (Å²) in [7, 11) is 6.56. The van der Waals surface area contributed by atoms with Gasteiger partial charge in [0.1, 0.15) is 5.76 Å². The van der Waals surface area contributed by atoms with E-state index in [1.165, 1.54) is 5.57 Å². The zero-order valence-electron chi connectivity index (χ0n) is 22.2. The van der Waals surface area contributed by atoms with E-state index in [1.54, 1.807) is 28.4 Å². The number of carbonyl (C=O) groups is 1. The molecule has 6 nitrogen and oxygen atoms in total. The molecule has 0 bridgehead atoms. The normalized spacial score (nSPS) is 21.9. The van der Waals surface area contributed by atoms with Crippen molar-refractivity contribution < 1.29 is 28.5 Å². The summed E-state index contributed by atoms with van der Waals surface area (Å²) in [5, 5.41) is 0. The number of rotatable bonds is 6. The maximum absolute atomic E-state index is 13.9. The lowest BCUT2D eigenvalue weighted by atomic mass is 9.59. The minimum absolute atomic E-state index is 0.0436. The monoisotopic (exact) mass is 504 g/mol. The average molecular weight is 505 g/mol. The van der Waals surface area contributed by atoms with Crippen molar-refractivity contribution in [3.05, 3.63) is 64.4 Å². The number of carbonyl (C=O) groups excluding carboxylic acids is 1. The first kappa shape index (κ1) is 25.2. The Morgan fingerprint density at radius 2 is 1.43 bits per heavy atom. The van der Waals surface area contributed by atoms with E-state index >= 15 is 0 Å². The van der Waals surface area contributed by atoms with Crippen molar-refractivity contribution in [2.75, 3.05) is 28.4 Å². The molecule has 1 heterocycles. The van der Waals surface area contributed by atoms with Gasteiger partial charge in [-0.15, -0.1) is 0 Å². The van der Waals surface area contributed by atoms with Crippen molar-refractivity contribution in [3.63, 3.8) is 0 Å². The lowest BCUT2D eigenvalue weighted by molar-refractivity contribution is -0.157. The SMILES string of the molecule is COc1ccc(C=C2CCCC3=C2OC(=O)C2(CCCCC2)C3c2ccc(OC)c(OC)c2)cc1OC. The second kappa shape index (κ2) is 10.5. The topological polar surface area (TPSA) is 63.2 Å². The van der Waals surface area contributed by atoms with Crippen molar-refractivity contribution in [2.45, 2.75) is 57.3 Å². The van der Waals surface area contributed by atoms with Gasteiger partial charge in [0.15, 0.2) is 23.0 Å². The first-order chi connectivity index (χ1) is 18.0. The van der Waals surface area contributed by atoms with Crippen LogP contribution in [0.5, 0.6) is 23.0 Å². The molecule has 2 aromatic carbocycles. The predicted molar refractivity (Wildman–Crippen MR) is 142 cm³/mol. The molecule has 1 saturated carbocycles. The molecule has 6 heteroatoms. The van der Waals surface area contributed by atoms with Gasteiger partial charge in [-0.2, -0.15) is 0 Å². The smallest absolute Gasteiger partial charge is 0.318 e. The van der Waals surface area contributed by atoms with Crippen LogP contribution in [0, 0.1) is 5.41 Å². The van der Waals surface area contributed by atoms with Crippen molar-refractivity contribution in [1.82, 2.24) is 0 Å². The fraction of sp³-hybridized carbons (Fsp3) is 0.452. The second-order valence-electron chi connectivity index (χ2n) is 10.1. The number of ether oxygens (including phenoxy) is 5. The third kappa shape index (κ3) is 4.47. The second-order valence-corrected chi connectivity index (χ2v) is 10.1. The van der Waals surface area contributed by atoms with Crippen LogP contribution in [-0.2, 0) is 9.53 Å². The van der Waals surface area contributed by atoms with Gasteiger partial charge in [-0.3, -0.25) is 4.79 Å². The van der Waals surface area contributed by atoms with E-state index in [0.29, 0.717) is 23.0 Å². The number of methoxy groups -OCH3 is 4. The molecule has 0 aromatic heterocycles. The quantitative estimate of drug-likeness (QED) is 0.402. The van der Waals surface area contributed by atoms with Crippen LogP contribution in [0.3, 0.4) is 0 Å². The Kier molecular flexibility index (Phi) is 7.18. The summed E-state index contributed by atoms with van der Waals surface area (Å²) in [5.74, 6) is 3.35. The van der Waals surface area contributed by atoms with E-state index in [9.17, 15) is 4.79 Å². The van der Waals surface area contributed by atoms with Gasteiger partial charge >= 0.3 is 5.97 Å². The Hall–Kier alpha value is -3.41. The highest BCUT2D eigenvalue weighted by Gasteiger charge is 2.54. The van der Waals surface area contributed by atoms with E-state index in [2.05, 4.69) is 18.2 Å². The Morgan fingerprint density at radius 3 is 2.11 bits per heavy atom. The van der Waals surface area contributed by atoms with Crippen LogP contribution in [0.1, 0.15) is 68.4 Å². The third-order valence-corrected chi connectivity index (χ3v) is 8.21. The molecule has 2 aliphatic carbocycles. The number of hydrogen-bond donors (Lipinski definition) is 0. The highest BCUT2D eigenvalue weighted by atomic mass is 16.5. The molecule has 37 heavy (non-hydrogen) atoms. The first-order valence-corrected chi connectivity index (χ1v) is 13.1. The van der Waals surface area contributed by atoms with Gasteiger partial charge in [-0.05, 0) is 84.7 Å². The van der Waals surface area contributed by atoms with E-state index in [1.807, 2.05) is 24.3 Å². The maximum Gasteiger partial charge on any atom is 0.318 e. The summed E-state index contributed by atoms with van der Waals surface area (Å²) >= 11 is 0. The number of benzene rings is 2. The fourth-order valence-electron chi connectivity index (χ4n) is 6.46. The minimum Gasteiger partial charge on any atom is -0.493 e. The van der Waals surface area contributed by atoms with Gasteiger partial charge in [0.05, 0.1) is 33.9 Å². The van der Waals surface area contributed by atoms with Gasteiger partial charge < -0.3 is 23.7 Å². The minimum atomic E-state index is -0.539. The van der Waals surface area contributed by atoms with Gasteiger partial charge in [0.2, 0.25) is 0 Å². The van der Waals surface area contributed by atoms with Crippen LogP contribution >= 0.6 is 0 Å². The van der Waals surface area contributed by atoms with Crippen LogP contribution in [0.15, 0.2) is 53.3 Å². The van der Waals surface area contributed by atoms with Crippen LogP contribution in [0.4, 0.5) is 0 Å². The van der Waals surface area contributed by atoms with Gasteiger partial charge in [-0.1, -0.05) is 31.4 Å². The third-order valence-electron chi connectivity index (χ3n) is 8.21. The molecule has 5 rings (SSSR count). The maximum atomic E-state index is 13.9. The molecular formula is C31H36O6. The molecule has 196 valence electrons. The van der Waals surface area contributed by atoms with Gasteiger partial charge in [0, 0.05) is 5.92 Å². The summed E-state index contributed by atoms with van der Waals surface area (Å²) in [5.41, 5.74) is 3.82.